The van der Waals surface area contributed by atoms with Crippen molar-refractivity contribution in [3.8, 4) is 22.3 Å². The van der Waals surface area contributed by atoms with Crippen LogP contribution >= 0.6 is 0 Å². The minimum Gasteiger partial charge on any atom is -0.346 e. The van der Waals surface area contributed by atoms with E-state index < -0.39 is 0 Å². The van der Waals surface area contributed by atoms with Crippen molar-refractivity contribution in [1.82, 2.24) is 19.8 Å². The van der Waals surface area contributed by atoms with E-state index in [0.717, 1.165) is 46.1 Å². The number of amides is 2. The van der Waals surface area contributed by atoms with Gasteiger partial charge in [0.2, 0.25) is 5.91 Å². The summed E-state index contributed by atoms with van der Waals surface area (Å²) in [6.07, 6.45) is 6.43. The molecule has 6 nitrogen and oxygen atoms in total. The smallest absolute Gasteiger partial charge is 0.253 e. The molecule has 1 aliphatic rings. The Morgan fingerprint density at radius 3 is 2.44 bits per heavy atom. The number of aromatic nitrogens is 2. The molecule has 1 aliphatic heterocycles. The third-order valence-corrected chi connectivity index (χ3v) is 6.74. The fourth-order valence-electron chi connectivity index (χ4n) is 4.73. The Balaban J connectivity index is 1.44. The van der Waals surface area contributed by atoms with Gasteiger partial charge < -0.3 is 14.8 Å². The van der Waals surface area contributed by atoms with Crippen molar-refractivity contribution in [3.05, 3.63) is 78.1 Å². The van der Waals surface area contributed by atoms with Gasteiger partial charge in [0.15, 0.2) is 0 Å². The zero-order chi connectivity index (χ0) is 23.8. The molecule has 172 valence electrons. The van der Waals surface area contributed by atoms with Crippen LogP contribution in [0.15, 0.2) is 67.0 Å². The van der Waals surface area contributed by atoms with E-state index in [-0.39, 0.29) is 17.9 Å². The second-order valence-electron chi connectivity index (χ2n) is 9.13. The normalized spacial score (nSPS) is 16.1. The van der Waals surface area contributed by atoms with Crippen molar-refractivity contribution in [2.45, 2.75) is 25.3 Å². The maximum absolute atomic E-state index is 12.2. The first-order valence-corrected chi connectivity index (χ1v) is 11.6. The summed E-state index contributed by atoms with van der Waals surface area (Å²) in [5.74, 6) is 0.204. The van der Waals surface area contributed by atoms with E-state index in [1.165, 1.54) is 5.56 Å². The van der Waals surface area contributed by atoms with E-state index in [2.05, 4.69) is 40.3 Å². The first-order chi connectivity index (χ1) is 16.4. The molecule has 1 unspecified atom stereocenters. The zero-order valence-corrected chi connectivity index (χ0v) is 19.7. The van der Waals surface area contributed by atoms with Crippen LogP contribution < -0.4 is 0 Å². The number of nitrogens with one attached hydrogen (secondary N) is 1. The van der Waals surface area contributed by atoms with Crippen LogP contribution in [0.25, 0.3) is 33.3 Å². The Morgan fingerprint density at radius 1 is 1.03 bits per heavy atom. The van der Waals surface area contributed by atoms with E-state index in [4.69, 9.17) is 0 Å². The second kappa shape index (κ2) is 8.78. The molecule has 1 N–H and O–H groups in total. The van der Waals surface area contributed by atoms with Gasteiger partial charge in [-0.1, -0.05) is 36.4 Å². The van der Waals surface area contributed by atoms with Gasteiger partial charge in [0.1, 0.15) is 5.65 Å². The molecule has 0 saturated carbocycles. The maximum atomic E-state index is 12.2. The second-order valence-corrected chi connectivity index (χ2v) is 9.13. The van der Waals surface area contributed by atoms with Gasteiger partial charge in [-0.2, -0.15) is 0 Å². The summed E-state index contributed by atoms with van der Waals surface area (Å²) in [7, 11) is 5.40. The summed E-state index contributed by atoms with van der Waals surface area (Å²) >= 11 is 0. The molecule has 2 amide bonds. The summed E-state index contributed by atoms with van der Waals surface area (Å²) in [5, 5.41) is 1.03. The molecule has 3 heterocycles. The highest BCUT2D eigenvalue weighted by atomic mass is 16.2. The van der Waals surface area contributed by atoms with Gasteiger partial charge in [0.05, 0.1) is 6.04 Å². The highest BCUT2D eigenvalue weighted by molar-refractivity contribution is 5.98. The standard InChI is InChI=1S/C28H28N4O2/c1-31(2)28(34)21-13-9-19(10-14-21)24-17-30-27-23(24)15-22(16-29-27)18-7-11-20(12-8-18)25-5-4-6-26(33)32(25)3/h7-17,25H,4-6H2,1-3H3,(H,29,30). The average molecular weight is 453 g/mol. The highest BCUT2D eigenvalue weighted by Gasteiger charge is 2.25. The molecule has 0 spiro atoms. The van der Waals surface area contributed by atoms with Gasteiger partial charge in [-0.05, 0) is 47.7 Å². The Kier molecular flexibility index (Phi) is 5.65. The lowest BCUT2D eigenvalue weighted by Crippen LogP contribution is -2.34. The fourth-order valence-corrected chi connectivity index (χ4v) is 4.73. The number of H-pyrrole nitrogens is 1. The van der Waals surface area contributed by atoms with E-state index in [1.807, 2.05) is 48.6 Å². The molecule has 1 atom stereocenters. The van der Waals surface area contributed by atoms with Crippen LogP contribution in [0.5, 0.6) is 0 Å². The molecule has 5 rings (SSSR count). The van der Waals surface area contributed by atoms with Crippen LogP contribution in [0.2, 0.25) is 0 Å². The van der Waals surface area contributed by atoms with Crippen LogP contribution in [0, 0.1) is 0 Å². The number of piperidine rings is 1. The number of fused-ring (bicyclic) bond motifs is 1. The van der Waals surface area contributed by atoms with Crippen molar-refractivity contribution >= 4 is 22.8 Å². The SMILES string of the molecule is CN(C)C(=O)c1ccc(-c2c[nH]c3ncc(-c4ccc(C5CCCC(=O)N5C)cc4)cc23)cc1. The van der Waals surface area contributed by atoms with Crippen molar-refractivity contribution in [2.75, 3.05) is 21.1 Å². The molecule has 6 heteroatoms. The fraction of sp³-hybridized carbons (Fsp3) is 0.250. The number of carbonyl (C=O) groups is 2. The maximum Gasteiger partial charge on any atom is 0.253 e. The number of nitrogens with zero attached hydrogens (tertiary/aromatic N) is 3. The summed E-state index contributed by atoms with van der Waals surface area (Å²) in [6, 6.07) is 18.4. The monoisotopic (exact) mass is 452 g/mol. The largest absolute Gasteiger partial charge is 0.346 e. The predicted molar refractivity (Wildman–Crippen MR) is 134 cm³/mol. The first-order valence-electron chi connectivity index (χ1n) is 11.6. The van der Waals surface area contributed by atoms with Gasteiger partial charge in [0, 0.05) is 62.0 Å². The molecule has 2 aromatic heterocycles. The minimum absolute atomic E-state index is 0.0123. The van der Waals surface area contributed by atoms with E-state index in [9.17, 15) is 9.59 Å². The van der Waals surface area contributed by atoms with Crippen LogP contribution in [0.1, 0.15) is 41.2 Å². The first kappa shape index (κ1) is 21.9. The molecule has 1 fully saturated rings. The Hall–Kier alpha value is -3.93. The van der Waals surface area contributed by atoms with Gasteiger partial charge in [-0.25, -0.2) is 4.98 Å². The van der Waals surface area contributed by atoms with Crippen molar-refractivity contribution < 1.29 is 9.59 Å². The van der Waals surface area contributed by atoms with Crippen molar-refractivity contribution in [3.63, 3.8) is 0 Å². The lowest BCUT2D eigenvalue weighted by molar-refractivity contribution is -0.134. The number of benzene rings is 2. The van der Waals surface area contributed by atoms with E-state index in [1.54, 1.807) is 19.0 Å². The summed E-state index contributed by atoms with van der Waals surface area (Å²) in [4.78, 5) is 35.6. The molecule has 4 aromatic rings. The van der Waals surface area contributed by atoms with Crippen molar-refractivity contribution in [2.24, 2.45) is 0 Å². The lowest BCUT2D eigenvalue weighted by Gasteiger charge is -2.32. The van der Waals surface area contributed by atoms with Crippen LogP contribution in [-0.2, 0) is 4.79 Å². The summed E-state index contributed by atoms with van der Waals surface area (Å²) in [5.41, 5.74) is 6.86. The van der Waals surface area contributed by atoms with Crippen molar-refractivity contribution in [1.29, 1.82) is 0 Å². The number of rotatable bonds is 4. The third kappa shape index (κ3) is 3.96. The molecule has 1 saturated heterocycles. The number of hydrogen-bond donors (Lipinski definition) is 1. The lowest BCUT2D eigenvalue weighted by atomic mass is 9.94. The molecule has 0 radical (unpaired) electrons. The predicted octanol–water partition coefficient (Wildman–Crippen LogP) is 5.28. The third-order valence-electron chi connectivity index (χ3n) is 6.74. The molecule has 0 bridgehead atoms. The van der Waals surface area contributed by atoms with Crippen LogP contribution in [0.3, 0.4) is 0 Å². The topological polar surface area (TPSA) is 69.3 Å². The highest BCUT2D eigenvalue weighted by Crippen LogP contribution is 2.34. The number of hydrogen-bond acceptors (Lipinski definition) is 3. The van der Waals surface area contributed by atoms with E-state index in [0.29, 0.717) is 12.0 Å². The van der Waals surface area contributed by atoms with Gasteiger partial charge in [-0.15, -0.1) is 0 Å². The van der Waals surface area contributed by atoms with Gasteiger partial charge in [0.25, 0.3) is 5.91 Å². The Bertz CT molecular complexity index is 1350. The van der Waals surface area contributed by atoms with Crippen LogP contribution in [-0.4, -0.2) is 52.7 Å². The number of likely N-dealkylation sites (tertiary alicyclic amines) is 1. The molecule has 0 aliphatic carbocycles. The number of aromatic amines is 1. The van der Waals surface area contributed by atoms with Gasteiger partial charge in [-0.3, -0.25) is 9.59 Å². The molecular weight excluding hydrogens is 424 g/mol. The summed E-state index contributed by atoms with van der Waals surface area (Å²) < 4.78 is 0. The summed E-state index contributed by atoms with van der Waals surface area (Å²) in [6.45, 7) is 0. The minimum atomic E-state index is -0.0123. The Morgan fingerprint density at radius 2 is 1.74 bits per heavy atom. The Labute approximate surface area is 199 Å². The molecule has 2 aromatic carbocycles. The number of pyridine rings is 1. The van der Waals surface area contributed by atoms with E-state index >= 15 is 0 Å². The van der Waals surface area contributed by atoms with Gasteiger partial charge >= 0.3 is 0 Å². The number of carbonyl (C=O) groups excluding carboxylic acids is 2. The molecular formula is C28H28N4O2. The molecule has 34 heavy (non-hydrogen) atoms. The zero-order valence-electron chi connectivity index (χ0n) is 19.7. The quantitative estimate of drug-likeness (QED) is 0.458. The average Bonchev–Trinajstić information content (AvgIpc) is 3.29. The van der Waals surface area contributed by atoms with Crippen LogP contribution in [0.4, 0.5) is 0 Å².